The van der Waals surface area contributed by atoms with Crippen molar-refractivity contribution in [1.82, 2.24) is 9.47 Å². The lowest BCUT2D eigenvalue weighted by Crippen LogP contribution is -2.50. The molecule has 1 fully saturated rings. The van der Waals surface area contributed by atoms with Crippen LogP contribution in [-0.4, -0.2) is 39.6 Å². The minimum atomic E-state index is -4.63. The van der Waals surface area contributed by atoms with E-state index in [4.69, 9.17) is 0 Å². The third-order valence-corrected chi connectivity index (χ3v) is 4.61. The lowest BCUT2D eigenvalue weighted by molar-refractivity contribution is -0.351. The van der Waals surface area contributed by atoms with Crippen molar-refractivity contribution in [1.29, 1.82) is 0 Å². The third-order valence-electron chi connectivity index (χ3n) is 4.61. The van der Waals surface area contributed by atoms with Crippen molar-refractivity contribution in [2.45, 2.75) is 57.3 Å². The Morgan fingerprint density at radius 1 is 1.22 bits per heavy atom. The molecule has 0 bridgehead atoms. The number of alkyl halides is 3. The van der Waals surface area contributed by atoms with E-state index in [1.165, 1.54) is 12.3 Å². The Bertz CT molecular complexity index is 629. The quantitative estimate of drug-likeness (QED) is 0.902. The van der Waals surface area contributed by atoms with Crippen LogP contribution in [0.5, 0.6) is 5.75 Å². The molecule has 3 rings (SSSR count). The highest BCUT2D eigenvalue weighted by atomic mass is 19.4. The summed E-state index contributed by atoms with van der Waals surface area (Å²) in [5, 5.41) is 9.47. The average molecular weight is 332 g/mol. The van der Waals surface area contributed by atoms with Crippen molar-refractivity contribution in [2.75, 3.05) is 6.54 Å². The number of rotatable bonds is 2. The number of aromatic nitrogens is 1. The van der Waals surface area contributed by atoms with Crippen molar-refractivity contribution < 1.29 is 23.0 Å². The molecule has 1 N–H and O–H groups in total. The first-order valence-electron chi connectivity index (χ1n) is 7.74. The predicted molar refractivity (Wildman–Crippen MR) is 76.0 cm³/mol. The van der Waals surface area contributed by atoms with Crippen LogP contribution in [-0.2, 0) is 17.8 Å². The van der Waals surface area contributed by atoms with Crippen LogP contribution in [0, 0.1) is 0 Å². The second kappa shape index (κ2) is 6.16. The van der Waals surface area contributed by atoms with Gasteiger partial charge in [0, 0.05) is 37.4 Å². The number of hydrogen-bond donors (Lipinski definition) is 1. The minimum Gasteiger partial charge on any atom is -0.503 e. The third kappa shape index (κ3) is 3.69. The summed E-state index contributed by atoms with van der Waals surface area (Å²) >= 11 is 0. The van der Waals surface area contributed by atoms with Gasteiger partial charge in [-0.15, -0.1) is 13.2 Å². The lowest BCUT2D eigenvalue weighted by Gasteiger charge is -2.42. The van der Waals surface area contributed by atoms with E-state index in [-0.39, 0.29) is 11.8 Å². The standard InChI is InChI=1S/C15H19F3N2O3/c16-15(17,18)23-14-4-2-1-3-11(14)20-6-5-19-9-13(22)12(21)7-10(19)8-20/h7,9,11,14,22H,1-6,8H2/t11-,14?/m1/s1. The molecule has 2 aliphatic rings. The molecule has 0 saturated heterocycles. The highest BCUT2D eigenvalue weighted by molar-refractivity contribution is 5.21. The molecule has 1 aliphatic carbocycles. The molecule has 1 unspecified atom stereocenters. The van der Waals surface area contributed by atoms with Crippen LogP contribution in [0.3, 0.4) is 0 Å². The predicted octanol–water partition coefficient (Wildman–Crippen LogP) is 2.22. The summed E-state index contributed by atoms with van der Waals surface area (Å²) in [5.74, 6) is -0.307. The van der Waals surface area contributed by atoms with E-state index < -0.39 is 17.9 Å². The Balaban J connectivity index is 1.78. The van der Waals surface area contributed by atoms with Gasteiger partial charge in [-0.25, -0.2) is 0 Å². The second-order valence-corrected chi connectivity index (χ2v) is 6.13. The summed E-state index contributed by atoms with van der Waals surface area (Å²) in [5.41, 5.74) is 0.236. The van der Waals surface area contributed by atoms with Crippen LogP contribution in [0.15, 0.2) is 17.1 Å². The van der Waals surface area contributed by atoms with Crippen molar-refractivity contribution in [3.05, 3.63) is 28.2 Å². The monoisotopic (exact) mass is 332 g/mol. The van der Waals surface area contributed by atoms with Gasteiger partial charge in [-0.2, -0.15) is 0 Å². The fraction of sp³-hybridized carbons (Fsp3) is 0.667. The summed E-state index contributed by atoms with van der Waals surface area (Å²) in [4.78, 5) is 13.5. The molecule has 2 heterocycles. The van der Waals surface area contributed by atoms with Crippen LogP contribution >= 0.6 is 0 Å². The molecule has 5 nitrogen and oxygen atoms in total. The lowest BCUT2D eigenvalue weighted by atomic mass is 9.90. The normalized spacial score (nSPS) is 26.0. The second-order valence-electron chi connectivity index (χ2n) is 6.13. The van der Waals surface area contributed by atoms with Crippen molar-refractivity contribution >= 4 is 0 Å². The average Bonchev–Trinajstić information content (AvgIpc) is 2.47. The Morgan fingerprint density at radius 3 is 2.70 bits per heavy atom. The van der Waals surface area contributed by atoms with Gasteiger partial charge in [-0.05, 0) is 12.8 Å². The molecule has 1 aromatic rings. The molecule has 1 saturated carbocycles. The van der Waals surface area contributed by atoms with Crippen LogP contribution < -0.4 is 5.43 Å². The first kappa shape index (κ1) is 16.3. The number of ether oxygens (including phenoxy) is 1. The fourth-order valence-electron chi connectivity index (χ4n) is 3.56. The Kier molecular flexibility index (Phi) is 4.37. The van der Waals surface area contributed by atoms with Crippen LogP contribution in [0.4, 0.5) is 13.2 Å². The van der Waals surface area contributed by atoms with Crippen LogP contribution in [0.25, 0.3) is 0 Å². The molecule has 8 heteroatoms. The Hall–Kier alpha value is -1.54. The van der Waals surface area contributed by atoms with Crippen LogP contribution in [0.1, 0.15) is 31.4 Å². The van der Waals surface area contributed by atoms with Gasteiger partial charge in [0.2, 0.25) is 5.43 Å². The van der Waals surface area contributed by atoms with Gasteiger partial charge >= 0.3 is 6.36 Å². The summed E-state index contributed by atoms with van der Waals surface area (Å²) in [6, 6.07) is 1.05. The number of nitrogens with zero attached hydrogens (tertiary/aromatic N) is 2. The topological polar surface area (TPSA) is 54.7 Å². The maximum absolute atomic E-state index is 12.6. The van der Waals surface area contributed by atoms with Gasteiger partial charge < -0.3 is 9.67 Å². The maximum Gasteiger partial charge on any atom is 0.522 e. The van der Waals surface area contributed by atoms with E-state index in [9.17, 15) is 23.1 Å². The summed E-state index contributed by atoms with van der Waals surface area (Å²) in [7, 11) is 0. The fourth-order valence-corrected chi connectivity index (χ4v) is 3.56. The number of pyridine rings is 1. The number of halogens is 3. The molecule has 0 aromatic carbocycles. The highest BCUT2D eigenvalue weighted by Gasteiger charge is 2.40. The summed E-state index contributed by atoms with van der Waals surface area (Å²) < 4.78 is 43.9. The zero-order valence-corrected chi connectivity index (χ0v) is 12.6. The molecule has 1 aromatic heterocycles. The van der Waals surface area contributed by atoms with Gasteiger partial charge in [-0.3, -0.25) is 14.4 Å². The number of fused-ring (bicyclic) bond motifs is 1. The van der Waals surface area contributed by atoms with Gasteiger partial charge in [0.25, 0.3) is 0 Å². The first-order valence-corrected chi connectivity index (χ1v) is 7.74. The molecule has 23 heavy (non-hydrogen) atoms. The van der Waals surface area contributed by atoms with Gasteiger partial charge in [0.1, 0.15) is 0 Å². The van der Waals surface area contributed by atoms with E-state index in [0.29, 0.717) is 38.2 Å². The zero-order chi connectivity index (χ0) is 16.6. The summed E-state index contributed by atoms with van der Waals surface area (Å²) in [6.07, 6.45) is -1.45. The Morgan fingerprint density at radius 2 is 1.96 bits per heavy atom. The molecular formula is C15H19F3N2O3. The molecule has 128 valence electrons. The van der Waals surface area contributed by atoms with Crippen LogP contribution in [0.2, 0.25) is 0 Å². The SMILES string of the molecule is O=c1cc2n(cc1O)CCN([C@@H]1CCCCC1OC(F)(F)F)C2. The highest BCUT2D eigenvalue weighted by Crippen LogP contribution is 2.32. The van der Waals surface area contributed by atoms with Crippen molar-refractivity contribution in [3.8, 4) is 5.75 Å². The van der Waals surface area contributed by atoms with Crippen molar-refractivity contribution in [2.24, 2.45) is 0 Å². The Labute approximate surface area is 131 Å². The molecule has 0 amide bonds. The number of aromatic hydroxyl groups is 1. The van der Waals surface area contributed by atoms with Gasteiger partial charge in [-0.1, -0.05) is 12.8 Å². The maximum atomic E-state index is 12.6. The molecule has 2 atom stereocenters. The largest absolute Gasteiger partial charge is 0.522 e. The molecule has 1 aliphatic heterocycles. The summed E-state index contributed by atoms with van der Waals surface area (Å²) in [6.45, 7) is 1.48. The molecule has 0 radical (unpaired) electrons. The first-order chi connectivity index (χ1) is 10.8. The van der Waals surface area contributed by atoms with E-state index in [1.54, 1.807) is 4.57 Å². The minimum absolute atomic E-state index is 0.303. The van der Waals surface area contributed by atoms with E-state index >= 15 is 0 Å². The number of hydrogen-bond acceptors (Lipinski definition) is 4. The molecular weight excluding hydrogens is 313 g/mol. The van der Waals surface area contributed by atoms with Crippen molar-refractivity contribution in [3.63, 3.8) is 0 Å². The van der Waals surface area contributed by atoms with E-state index in [1.807, 2.05) is 4.90 Å². The van der Waals surface area contributed by atoms with E-state index in [2.05, 4.69) is 4.74 Å². The zero-order valence-electron chi connectivity index (χ0n) is 12.6. The van der Waals surface area contributed by atoms with Gasteiger partial charge in [0.15, 0.2) is 5.75 Å². The van der Waals surface area contributed by atoms with Gasteiger partial charge in [0.05, 0.1) is 12.3 Å². The smallest absolute Gasteiger partial charge is 0.503 e. The molecule has 0 spiro atoms. The van der Waals surface area contributed by atoms with E-state index in [0.717, 1.165) is 12.8 Å².